The van der Waals surface area contributed by atoms with Crippen LogP contribution in [0.5, 0.6) is 0 Å². The van der Waals surface area contributed by atoms with E-state index in [0.717, 1.165) is 12.7 Å². The maximum atomic E-state index is 11.0. The van der Waals surface area contributed by atoms with Gasteiger partial charge in [-0.1, -0.05) is 25.5 Å². The van der Waals surface area contributed by atoms with Gasteiger partial charge < -0.3 is 14.3 Å². The first-order valence-electron chi connectivity index (χ1n) is 6.82. The number of ether oxygens (including phenoxy) is 2. The lowest BCUT2D eigenvalue weighted by Crippen LogP contribution is -2.47. The number of hydrogen-bond acceptors (Lipinski definition) is 3. The van der Waals surface area contributed by atoms with Crippen molar-refractivity contribution in [1.82, 2.24) is 0 Å². The number of carbonyl (C=O) groups excluding carboxylic acids is 1. The fourth-order valence-corrected chi connectivity index (χ4v) is 3.23. The summed E-state index contributed by atoms with van der Waals surface area (Å²) in [4.78, 5) is 11.0. The molecule has 0 aromatic rings. The van der Waals surface area contributed by atoms with Crippen molar-refractivity contribution >= 4 is 6.29 Å². The van der Waals surface area contributed by atoms with Crippen molar-refractivity contribution in [2.75, 3.05) is 13.2 Å². The predicted octanol–water partition coefficient (Wildman–Crippen LogP) is 2.80. The minimum absolute atomic E-state index is 0.160. The molecule has 0 aromatic heterocycles. The van der Waals surface area contributed by atoms with E-state index in [2.05, 4.69) is 26.8 Å². The van der Waals surface area contributed by atoms with Gasteiger partial charge in [-0.25, -0.2) is 0 Å². The molecular formula is C15H24O3. The van der Waals surface area contributed by atoms with Crippen LogP contribution in [0.3, 0.4) is 0 Å². The zero-order valence-electron chi connectivity index (χ0n) is 11.8. The van der Waals surface area contributed by atoms with E-state index < -0.39 is 5.41 Å². The zero-order chi connectivity index (χ0) is 13.3. The minimum Gasteiger partial charge on any atom is -0.351 e. The zero-order valence-corrected chi connectivity index (χ0v) is 11.8. The first-order valence-corrected chi connectivity index (χ1v) is 6.82. The van der Waals surface area contributed by atoms with Crippen molar-refractivity contribution in [3.8, 4) is 0 Å². The lowest BCUT2D eigenvalue weighted by atomic mass is 9.74. The molecule has 3 unspecified atom stereocenters. The summed E-state index contributed by atoms with van der Waals surface area (Å²) < 4.78 is 11.6. The van der Waals surface area contributed by atoms with Crippen LogP contribution in [-0.4, -0.2) is 25.8 Å². The van der Waals surface area contributed by atoms with Gasteiger partial charge in [-0.15, -0.1) is 0 Å². The Hall–Kier alpha value is -0.670. The number of rotatable bonds is 2. The summed E-state index contributed by atoms with van der Waals surface area (Å²) >= 11 is 0. The molecule has 0 bridgehead atoms. The van der Waals surface area contributed by atoms with Crippen molar-refractivity contribution in [3.63, 3.8) is 0 Å². The average Bonchev–Trinajstić information content (AvgIpc) is 2.30. The summed E-state index contributed by atoms with van der Waals surface area (Å²) in [7, 11) is 0. The summed E-state index contributed by atoms with van der Waals surface area (Å²) in [6.07, 6.45) is 4.22. The highest BCUT2D eigenvalue weighted by molar-refractivity contribution is 5.59. The van der Waals surface area contributed by atoms with Gasteiger partial charge in [0.15, 0.2) is 6.29 Å². The molecule has 1 aliphatic carbocycles. The number of hydrogen-bond donors (Lipinski definition) is 0. The second-order valence-electron chi connectivity index (χ2n) is 6.39. The molecule has 0 radical (unpaired) electrons. The number of carbonyl (C=O) groups is 1. The van der Waals surface area contributed by atoms with E-state index in [1.54, 1.807) is 0 Å². The molecule has 1 saturated heterocycles. The average molecular weight is 252 g/mol. The number of aldehydes is 1. The minimum atomic E-state index is -0.469. The quantitative estimate of drug-likeness (QED) is 0.560. The summed E-state index contributed by atoms with van der Waals surface area (Å²) in [6, 6.07) is 0. The van der Waals surface area contributed by atoms with Crippen molar-refractivity contribution < 1.29 is 14.3 Å². The van der Waals surface area contributed by atoms with Crippen LogP contribution < -0.4 is 0 Å². The molecule has 0 N–H and O–H groups in total. The van der Waals surface area contributed by atoms with Gasteiger partial charge in [-0.2, -0.15) is 0 Å². The Morgan fingerprint density at radius 2 is 1.94 bits per heavy atom. The Bertz CT molecular complexity index is 340. The third-order valence-electron chi connectivity index (χ3n) is 4.21. The lowest BCUT2D eigenvalue weighted by Gasteiger charge is -2.42. The van der Waals surface area contributed by atoms with Gasteiger partial charge in [0.25, 0.3) is 0 Å². The molecule has 3 nitrogen and oxygen atoms in total. The van der Waals surface area contributed by atoms with Crippen LogP contribution in [0.15, 0.2) is 11.6 Å². The second kappa shape index (κ2) is 5.14. The molecular weight excluding hydrogens is 228 g/mol. The topological polar surface area (TPSA) is 35.5 Å². The summed E-state index contributed by atoms with van der Waals surface area (Å²) in [5, 5.41) is 0. The van der Waals surface area contributed by atoms with Gasteiger partial charge in [0, 0.05) is 5.92 Å². The fourth-order valence-electron chi connectivity index (χ4n) is 3.23. The highest BCUT2D eigenvalue weighted by Crippen LogP contribution is 2.39. The van der Waals surface area contributed by atoms with Gasteiger partial charge in [0.1, 0.15) is 6.29 Å². The molecule has 3 heteroatoms. The van der Waals surface area contributed by atoms with Gasteiger partial charge in [-0.05, 0) is 32.1 Å². The van der Waals surface area contributed by atoms with E-state index in [0.29, 0.717) is 31.0 Å². The van der Waals surface area contributed by atoms with Crippen molar-refractivity contribution in [1.29, 1.82) is 0 Å². The maximum absolute atomic E-state index is 11.0. The normalized spacial score (nSPS) is 45.4. The van der Waals surface area contributed by atoms with Crippen LogP contribution in [0.25, 0.3) is 0 Å². The fraction of sp³-hybridized carbons (Fsp3) is 0.800. The van der Waals surface area contributed by atoms with Crippen LogP contribution >= 0.6 is 0 Å². The van der Waals surface area contributed by atoms with Gasteiger partial charge >= 0.3 is 0 Å². The predicted molar refractivity (Wildman–Crippen MR) is 70.1 cm³/mol. The Morgan fingerprint density at radius 3 is 2.44 bits per heavy atom. The van der Waals surface area contributed by atoms with Gasteiger partial charge in [-0.3, -0.25) is 0 Å². The molecule has 0 saturated carbocycles. The van der Waals surface area contributed by atoms with E-state index in [9.17, 15) is 4.79 Å². The molecule has 0 aromatic carbocycles. The van der Waals surface area contributed by atoms with Crippen LogP contribution in [0.1, 0.15) is 34.1 Å². The summed E-state index contributed by atoms with van der Waals surface area (Å²) in [5.74, 6) is 1.43. The Labute approximate surface area is 110 Å². The molecule has 0 amide bonds. The SMILES string of the molecule is CC1=CC(C)C(C2OCC(C)(C=O)CO2)C(C)C1. The molecule has 2 rings (SSSR count). The third-order valence-corrected chi connectivity index (χ3v) is 4.21. The standard InChI is InChI=1S/C15H24O3/c1-10-5-11(2)13(12(3)6-10)14-17-8-15(4,7-16)9-18-14/h5,7,11-14H,6,8-9H2,1-4H3. The van der Waals surface area contributed by atoms with Crippen LogP contribution in [0.2, 0.25) is 0 Å². The number of allylic oxidation sites excluding steroid dienone is 2. The molecule has 2 aliphatic rings. The highest BCUT2D eigenvalue weighted by Gasteiger charge is 2.40. The molecule has 1 heterocycles. The summed E-state index contributed by atoms with van der Waals surface area (Å²) in [6.45, 7) is 9.50. The largest absolute Gasteiger partial charge is 0.351 e. The maximum Gasteiger partial charge on any atom is 0.161 e. The lowest BCUT2D eigenvalue weighted by molar-refractivity contribution is -0.251. The van der Waals surface area contributed by atoms with Crippen molar-refractivity contribution in [2.45, 2.75) is 40.4 Å². The van der Waals surface area contributed by atoms with Gasteiger partial charge in [0.2, 0.25) is 0 Å². The van der Waals surface area contributed by atoms with E-state index in [-0.39, 0.29) is 6.29 Å². The Balaban J connectivity index is 2.03. The van der Waals surface area contributed by atoms with E-state index in [4.69, 9.17) is 9.47 Å². The smallest absolute Gasteiger partial charge is 0.161 e. The van der Waals surface area contributed by atoms with E-state index >= 15 is 0 Å². The van der Waals surface area contributed by atoms with E-state index in [1.807, 2.05) is 6.92 Å². The molecule has 1 fully saturated rings. The van der Waals surface area contributed by atoms with E-state index in [1.165, 1.54) is 5.57 Å². The third kappa shape index (κ3) is 2.67. The molecule has 102 valence electrons. The molecule has 1 aliphatic heterocycles. The highest BCUT2D eigenvalue weighted by atomic mass is 16.7. The molecule has 18 heavy (non-hydrogen) atoms. The molecule has 0 spiro atoms. The van der Waals surface area contributed by atoms with Crippen LogP contribution in [0.4, 0.5) is 0 Å². The van der Waals surface area contributed by atoms with Crippen LogP contribution in [-0.2, 0) is 14.3 Å². The first-order chi connectivity index (χ1) is 8.45. The summed E-state index contributed by atoms with van der Waals surface area (Å²) in [5.41, 5.74) is 0.989. The van der Waals surface area contributed by atoms with Gasteiger partial charge in [0.05, 0.1) is 18.6 Å². The molecule has 3 atom stereocenters. The Kier molecular flexibility index (Phi) is 3.93. The monoisotopic (exact) mass is 252 g/mol. The van der Waals surface area contributed by atoms with Crippen molar-refractivity contribution in [3.05, 3.63) is 11.6 Å². The Morgan fingerprint density at radius 1 is 1.33 bits per heavy atom. The first kappa shape index (κ1) is 13.8. The second-order valence-corrected chi connectivity index (χ2v) is 6.39. The van der Waals surface area contributed by atoms with Crippen molar-refractivity contribution in [2.24, 2.45) is 23.2 Å². The van der Waals surface area contributed by atoms with Crippen LogP contribution in [0, 0.1) is 23.2 Å².